The molecule has 7 unspecified atom stereocenters. The number of hydrogen-bond donors (Lipinski definition) is 0. The van der Waals surface area contributed by atoms with Gasteiger partial charge in [0, 0.05) is 50.2 Å². The van der Waals surface area contributed by atoms with Crippen molar-refractivity contribution >= 4 is 17.0 Å². The minimum atomic E-state index is -0.0923. The molecule has 7 atom stereocenters. The molecule has 0 spiro atoms. The quantitative estimate of drug-likeness (QED) is 0.165. The van der Waals surface area contributed by atoms with Crippen molar-refractivity contribution in [2.24, 2.45) is 0 Å². The SMILES string of the molecule is CC1(c2ccccc2)C=Cc2c(c3ccc4cc3n2C2C=CC3Oc5cccc(c5C3C2)-c2cc(-c3nc(-c5ccccc5)nc(-c5ccccc5)n3)c3c(c2)C2CC4C(C2)c2ccccc2-3)C1. The van der Waals surface area contributed by atoms with Crippen LogP contribution in [0.2, 0.25) is 0 Å². The zero-order valence-corrected chi connectivity index (χ0v) is 37.9. The van der Waals surface area contributed by atoms with Crippen LogP contribution in [0.4, 0.5) is 0 Å². The van der Waals surface area contributed by atoms with Crippen LogP contribution >= 0.6 is 0 Å². The first-order valence-electron chi connectivity index (χ1n) is 24.6. The van der Waals surface area contributed by atoms with E-state index in [2.05, 4.69) is 187 Å². The summed E-state index contributed by atoms with van der Waals surface area (Å²) in [6, 6.07) is 60.5. The van der Waals surface area contributed by atoms with Crippen LogP contribution in [-0.2, 0) is 11.8 Å². The van der Waals surface area contributed by atoms with E-state index in [0.29, 0.717) is 35.2 Å². The molecule has 0 amide bonds. The molecule has 9 bridgehead atoms. The molecule has 0 saturated heterocycles. The molecule has 2 aliphatic heterocycles. The third-order valence-electron chi connectivity index (χ3n) is 16.7. The van der Waals surface area contributed by atoms with Crippen LogP contribution in [0.25, 0.3) is 73.4 Å². The summed E-state index contributed by atoms with van der Waals surface area (Å²) in [5, 5.41) is 1.39. The molecule has 2 aromatic heterocycles. The van der Waals surface area contributed by atoms with Gasteiger partial charge in [0.05, 0.1) is 6.04 Å². The highest BCUT2D eigenvalue weighted by molar-refractivity contribution is 5.93. The number of benzene rings is 7. The van der Waals surface area contributed by atoms with Crippen molar-refractivity contribution in [2.45, 2.75) is 73.8 Å². The van der Waals surface area contributed by atoms with Crippen molar-refractivity contribution in [1.82, 2.24) is 19.5 Å². The first kappa shape index (κ1) is 38.5. The van der Waals surface area contributed by atoms with E-state index in [1.165, 1.54) is 72.2 Å². The Labute approximate surface area is 396 Å². The van der Waals surface area contributed by atoms with Gasteiger partial charge in [0.1, 0.15) is 11.9 Å². The highest BCUT2D eigenvalue weighted by Gasteiger charge is 2.45. The molecule has 0 N–H and O–H groups in total. The predicted molar refractivity (Wildman–Crippen MR) is 273 cm³/mol. The summed E-state index contributed by atoms with van der Waals surface area (Å²) in [5.74, 6) is 4.25. The van der Waals surface area contributed by atoms with Gasteiger partial charge in [-0.25, -0.2) is 15.0 Å². The Morgan fingerprint density at radius 1 is 0.574 bits per heavy atom. The lowest BCUT2D eigenvalue weighted by atomic mass is 9.73. The summed E-state index contributed by atoms with van der Waals surface area (Å²) < 4.78 is 9.67. The van der Waals surface area contributed by atoms with Gasteiger partial charge < -0.3 is 9.30 Å². The van der Waals surface area contributed by atoms with Gasteiger partial charge in [0.2, 0.25) is 0 Å². The maximum absolute atomic E-state index is 6.95. The molecule has 5 heteroatoms. The fourth-order valence-electron chi connectivity index (χ4n) is 13.5. The molecule has 0 radical (unpaired) electrons. The molecule has 1 fully saturated rings. The Hall–Kier alpha value is -7.63. The number of rotatable bonds is 4. The van der Waals surface area contributed by atoms with Gasteiger partial charge >= 0.3 is 0 Å². The summed E-state index contributed by atoms with van der Waals surface area (Å²) in [6.07, 6.45) is 13.8. The van der Waals surface area contributed by atoms with Crippen molar-refractivity contribution in [3.8, 4) is 62.2 Å². The summed E-state index contributed by atoms with van der Waals surface area (Å²) in [7, 11) is 0. The average Bonchev–Trinajstić information content (AvgIpc) is 4.08. The van der Waals surface area contributed by atoms with Crippen molar-refractivity contribution < 1.29 is 4.74 Å². The summed E-state index contributed by atoms with van der Waals surface area (Å²) in [4.78, 5) is 16.0. The minimum absolute atomic E-state index is 0.0300. The van der Waals surface area contributed by atoms with Gasteiger partial charge in [-0.05, 0) is 124 Å². The molecular weight excluding hydrogens is 829 g/mol. The highest BCUT2D eigenvalue weighted by atomic mass is 16.5. The van der Waals surface area contributed by atoms with Crippen LogP contribution in [-0.4, -0.2) is 25.6 Å². The largest absolute Gasteiger partial charge is 0.485 e. The van der Waals surface area contributed by atoms with E-state index in [0.717, 1.165) is 48.1 Å². The molecule has 9 aromatic rings. The van der Waals surface area contributed by atoms with Crippen LogP contribution in [0.5, 0.6) is 5.75 Å². The molecule has 326 valence electrons. The Kier molecular flexibility index (Phi) is 8.17. The number of aromatic nitrogens is 4. The second-order valence-corrected chi connectivity index (χ2v) is 20.4. The van der Waals surface area contributed by atoms with E-state index < -0.39 is 0 Å². The van der Waals surface area contributed by atoms with Crippen molar-refractivity contribution in [1.29, 1.82) is 0 Å². The van der Waals surface area contributed by atoms with E-state index in [4.69, 9.17) is 19.7 Å². The summed E-state index contributed by atoms with van der Waals surface area (Å²) in [5.41, 5.74) is 19.0. The summed E-state index contributed by atoms with van der Waals surface area (Å²) >= 11 is 0. The molecular formula is C63H48N4O. The molecule has 6 aliphatic rings. The Balaban J connectivity index is 0.993. The normalized spacial score (nSPS) is 24.1. The lowest BCUT2D eigenvalue weighted by molar-refractivity contribution is 0.232. The first-order valence-corrected chi connectivity index (χ1v) is 24.6. The van der Waals surface area contributed by atoms with E-state index in [1.807, 2.05) is 12.1 Å². The molecule has 15 rings (SSSR count). The maximum atomic E-state index is 6.95. The lowest BCUT2D eigenvalue weighted by Gasteiger charge is -2.32. The van der Waals surface area contributed by atoms with Gasteiger partial charge in [-0.1, -0.05) is 165 Å². The number of fused-ring (bicyclic) bond motifs is 15. The Bertz CT molecular complexity index is 3550. The van der Waals surface area contributed by atoms with Crippen LogP contribution in [0, 0.1) is 0 Å². The van der Waals surface area contributed by atoms with E-state index in [9.17, 15) is 0 Å². The zero-order chi connectivity index (χ0) is 44.7. The molecule has 4 aliphatic carbocycles. The highest BCUT2D eigenvalue weighted by Crippen LogP contribution is 2.61. The second kappa shape index (κ2) is 14.4. The van der Waals surface area contributed by atoms with E-state index >= 15 is 0 Å². The zero-order valence-electron chi connectivity index (χ0n) is 37.9. The van der Waals surface area contributed by atoms with Gasteiger partial charge in [0.15, 0.2) is 17.5 Å². The van der Waals surface area contributed by atoms with Crippen molar-refractivity contribution in [2.75, 3.05) is 0 Å². The predicted octanol–water partition coefficient (Wildman–Crippen LogP) is 14.8. The standard InChI is InChI=1S/C63H48N4O/c1-63(42-18-9-4-10-19-42)29-28-54-53(36-63)46-26-24-39-34-55(46)67(54)43-25-27-56-51(35-43)59-44(22-13-23-57(59)68-56)40-31-49-41-30-48(39)50(32-41)45-20-11-12-21-47(45)58(49)52(33-40)62-65-60(37-14-5-2-6-15-37)64-61(66-62)38-16-7-3-8-17-38/h2-29,31,33-34,41,43,48,50-51,56H,30,32,35-36H2,1H3. The van der Waals surface area contributed by atoms with Gasteiger partial charge in [-0.3, -0.25) is 0 Å². The lowest BCUT2D eigenvalue weighted by Crippen LogP contribution is -2.27. The van der Waals surface area contributed by atoms with E-state index in [-0.39, 0.29) is 23.5 Å². The van der Waals surface area contributed by atoms with Crippen LogP contribution < -0.4 is 4.74 Å². The second-order valence-electron chi connectivity index (χ2n) is 20.4. The smallest absolute Gasteiger partial charge is 0.164 e. The number of allylic oxidation sites excluding steroid dienone is 2. The fraction of sp³-hybridized carbons (Fsp3) is 0.190. The molecule has 5 nitrogen and oxygen atoms in total. The molecule has 68 heavy (non-hydrogen) atoms. The minimum Gasteiger partial charge on any atom is -0.485 e. The first-order chi connectivity index (χ1) is 33.5. The van der Waals surface area contributed by atoms with Gasteiger partial charge in [-0.15, -0.1) is 0 Å². The molecule has 1 saturated carbocycles. The molecule has 7 aromatic carbocycles. The fourth-order valence-corrected chi connectivity index (χ4v) is 13.5. The van der Waals surface area contributed by atoms with Crippen LogP contribution in [0.1, 0.15) is 95.0 Å². The van der Waals surface area contributed by atoms with E-state index in [1.54, 1.807) is 0 Å². The third-order valence-corrected chi connectivity index (χ3v) is 16.7. The topological polar surface area (TPSA) is 52.8 Å². The average molecular weight is 877 g/mol. The Morgan fingerprint density at radius 2 is 1.28 bits per heavy atom. The van der Waals surface area contributed by atoms with Crippen LogP contribution in [0.3, 0.4) is 0 Å². The van der Waals surface area contributed by atoms with Gasteiger partial charge in [0.25, 0.3) is 0 Å². The van der Waals surface area contributed by atoms with Crippen LogP contribution in [0.15, 0.2) is 182 Å². The third kappa shape index (κ3) is 5.65. The number of nitrogens with zero attached hydrogens (tertiary/aromatic N) is 4. The number of ether oxygens (including phenoxy) is 1. The summed E-state index contributed by atoms with van der Waals surface area (Å²) in [6.45, 7) is 2.41. The molecule has 4 heterocycles. The monoisotopic (exact) mass is 876 g/mol. The van der Waals surface area contributed by atoms with Gasteiger partial charge in [-0.2, -0.15) is 0 Å². The maximum Gasteiger partial charge on any atom is 0.164 e. The Morgan fingerprint density at radius 3 is 2.07 bits per heavy atom. The van der Waals surface area contributed by atoms with Crippen molar-refractivity contribution in [3.05, 3.63) is 221 Å². The number of hydrogen-bond acceptors (Lipinski definition) is 4. The van der Waals surface area contributed by atoms with Crippen molar-refractivity contribution in [3.63, 3.8) is 0 Å².